The minimum atomic E-state index is -3.00. The molecule has 1 aromatic rings. The van der Waals surface area contributed by atoms with Crippen LogP contribution in [0, 0.1) is 6.92 Å². The van der Waals surface area contributed by atoms with Gasteiger partial charge in [-0.05, 0) is 78.5 Å². The summed E-state index contributed by atoms with van der Waals surface area (Å²) in [4.78, 5) is 12.2. The number of aryl methyl sites for hydroxylation is 2. The van der Waals surface area contributed by atoms with Gasteiger partial charge in [-0.25, -0.2) is 8.42 Å². The number of rotatable bonds is 10. The predicted molar refractivity (Wildman–Crippen MR) is 114 cm³/mol. The normalized spacial score (nSPS) is 12.4. The summed E-state index contributed by atoms with van der Waals surface area (Å²) in [6.45, 7) is 11.2. The van der Waals surface area contributed by atoms with Crippen LogP contribution in [0.5, 0.6) is 0 Å². The van der Waals surface area contributed by atoms with E-state index in [1.54, 1.807) is 20.8 Å². The summed E-state index contributed by atoms with van der Waals surface area (Å²) in [6, 6.07) is 6.18. The number of carbonyl (C=O) groups excluding carboxylic acids is 1. The molecule has 5 heteroatoms. The van der Waals surface area contributed by atoms with E-state index in [-0.39, 0.29) is 17.7 Å². The van der Waals surface area contributed by atoms with Crippen molar-refractivity contribution in [3.05, 3.63) is 34.9 Å². The molecule has 27 heavy (non-hydrogen) atoms. The van der Waals surface area contributed by atoms with Crippen molar-refractivity contribution in [1.82, 2.24) is 5.32 Å². The molecule has 0 fully saturated rings. The molecule has 1 amide bonds. The molecule has 0 aromatic heterocycles. The molecule has 0 radical (unpaired) electrons. The molecule has 0 atom stereocenters. The lowest BCUT2D eigenvalue weighted by molar-refractivity contribution is 0.0943. The largest absolute Gasteiger partial charge is 0.350 e. The average molecular weight is 396 g/mol. The Morgan fingerprint density at radius 3 is 2.19 bits per heavy atom. The van der Waals surface area contributed by atoms with E-state index in [1.165, 1.54) is 5.56 Å². The Balaban J connectivity index is 2.38. The minimum absolute atomic E-state index is 0.0185. The Morgan fingerprint density at radius 1 is 1.00 bits per heavy atom. The van der Waals surface area contributed by atoms with Crippen molar-refractivity contribution in [2.45, 2.75) is 90.9 Å². The molecule has 1 aromatic carbocycles. The van der Waals surface area contributed by atoms with Crippen molar-refractivity contribution in [3.8, 4) is 0 Å². The van der Waals surface area contributed by atoms with Gasteiger partial charge in [-0.3, -0.25) is 4.79 Å². The van der Waals surface area contributed by atoms with Crippen molar-refractivity contribution in [3.63, 3.8) is 0 Å². The smallest absolute Gasteiger partial charge is 0.251 e. The zero-order valence-corrected chi connectivity index (χ0v) is 18.7. The second-order valence-corrected chi connectivity index (χ2v) is 11.6. The molecular weight excluding hydrogens is 358 g/mol. The van der Waals surface area contributed by atoms with Crippen molar-refractivity contribution in [1.29, 1.82) is 0 Å². The Kier molecular flexibility index (Phi) is 9.00. The van der Waals surface area contributed by atoms with Crippen LogP contribution in [-0.4, -0.2) is 30.9 Å². The third kappa shape index (κ3) is 8.46. The summed E-state index contributed by atoms with van der Waals surface area (Å²) < 4.78 is 23.5. The maximum absolute atomic E-state index is 12.2. The van der Waals surface area contributed by atoms with Crippen LogP contribution in [0.15, 0.2) is 18.2 Å². The van der Waals surface area contributed by atoms with E-state index in [2.05, 4.69) is 11.4 Å². The third-order valence-electron chi connectivity index (χ3n) is 4.63. The molecule has 0 unspecified atom stereocenters. The van der Waals surface area contributed by atoms with E-state index in [1.807, 2.05) is 32.9 Å². The second kappa shape index (κ2) is 10.3. The summed E-state index contributed by atoms with van der Waals surface area (Å²) in [5.41, 5.74) is 3.03. The van der Waals surface area contributed by atoms with Gasteiger partial charge in [-0.1, -0.05) is 30.9 Å². The maximum Gasteiger partial charge on any atom is 0.251 e. The number of unbranched alkanes of at least 4 members (excludes halogenated alkanes) is 4. The molecule has 0 aliphatic rings. The Hall–Kier alpha value is -1.36. The number of sulfone groups is 1. The van der Waals surface area contributed by atoms with E-state index in [0.717, 1.165) is 49.7 Å². The van der Waals surface area contributed by atoms with Crippen LogP contribution in [0.25, 0.3) is 0 Å². The predicted octanol–water partition coefficient (Wildman–Crippen LogP) is 4.84. The van der Waals surface area contributed by atoms with Gasteiger partial charge in [0.15, 0.2) is 9.84 Å². The number of carbonyl (C=O) groups is 1. The third-order valence-corrected chi connectivity index (χ3v) is 7.32. The van der Waals surface area contributed by atoms with Crippen LogP contribution in [0.2, 0.25) is 0 Å². The SMILES string of the molecule is Cc1cc(CCCCCCCS(=O)(=O)C(C)(C)C)cc(C(=O)NC(C)C)c1. The summed E-state index contributed by atoms with van der Waals surface area (Å²) in [5.74, 6) is 0.262. The quantitative estimate of drug-likeness (QED) is 0.577. The van der Waals surface area contributed by atoms with Gasteiger partial charge >= 0.3 is 0 Å². The van der Waals surface area contributed by atoms with Gasteiger partial charge in [0, 0.05) is 11.6 Å². The first-order valence-electron chi connectivity index (χ1n) is 10.1. The Labute approximate surface area is 166 Å². The number of hydrogen-bond donors (Lipinski definition) is 1. The lowest BCUT2D eigenvalue weighted by atomic mass is 10.0. The van der Waals surface area contributed by atoms with Crippen LogP contribution in [-0.2, 0) is 16.3 Å². The summed E-state index contributed by atoms with van der Waals surface area (Å²) >= 11 is 0. The summed E-state index contributed by atoms with van der Waals surface area (Å²) in [6.07, 6.45) is 5.82. The van der Waals surface area contributed by atoms with E-state index >= 15 is 0 Å². The first kappa shape index (κ1) is 23.7. The van der Waals surface area contributed by atoms with E-state index in [0.29, 0.717) is 0 Å². The molecule has 0 bridgehead atoms. The molecule has 0 spiro atoms. The minimum Gasteiger partial charge on any atom is -0.350 e. The van der Waals surface area contributed by atoms with Crippen LogP contribution in [0.1, 0.15) is 88.2 Å². The van der Waals surface area contributed by atoms with E-state index in [9.17, 15) is 13.2 Å². The molecule has 0 heterocycles. The highest BCUT2D eigenvalue weighted by atomic mass is 32.2. The zero-order valence-electron chi connectivity index (χ0n) is 17.9. The average Bonchev–Trinajstić information content (AvgIpc) is 2.51. The molecule has 0 saturated carbocycles. The molecule has 1 rings (SSSR count). The number of amides is 1. The van der Waals surface area contributed by atoms with Crippen molar-refractivity contribution < 1.29 is 13.2 Å². The first-order valence-corrected chi connectivity index (χ1v) is 11.7. The van der Waals surface area contributed by atoms with Gasteiger partial charge in [0.25, 0.3) is 5.91 Å². The van der Waals surface area contributed by atoms with Gasteiger partial charge < -0.3 is 5.32 Å². The molecular formula is C22H37NO3S. The van der Waals surface area contributed by atoms with Crippen molar-refractivity contribution in [2.24, 2.45) is 0 Å². The van der Waals surface area contributed by atoms with Gasteiger partial charge in [0.05, 0.1) is 10.5 Å². The number of hydrogen-bond acceptors (Lipinski definition) is 3. The second-order valence-electron chi connectivity index (χ2n) is 8.78. The highest BCUT2D eigenvalue weighted by Gasteiger charge is 2.27. The van der Waals surface area contributed by atoms with E-state index < -0.39 is 14.6 Å². The van der Waals surface area contributed by atoms with Crippen LogP contribution >= 0.6 is 0 Å². The fourth-order valence-electron chi connectivity index (χ4n) is 2.94. The summed E-state index contributed by atoms with van der Waals surface area (Å²) in [5, 5.41) is 2.94. The molecule has 1 N–H and O–H groups in total. The summed E-state index contributed by atoms with van der Waals surface area (Å²) in [7, 11) is -3.00. The van der Waals surface area contributed by atoms with Gasteiger partial charge in [0.2, 0.25) is 0 Å². The van der Waals surface area contributed by atoms with Gasteiger partial charge in [0.1, 0.15) is 0 Å². The zero-order chi connectivity index (χ0) is 20.7. The lowest BCUT2D eigenvalue weighted by Gasteiger charge is -2.18. The van der Waals surface area contributed by atoms with E-state index in [4.69, 9.17) is 0 Å². The topological polar surface area (TPSA) is 63.2 Å². The standard InChI is InChI=1S/C22H37NO3S/c1-17(2)23-21(24)20-15-18(3)14-19(16-20)12-10-8-7-9-11-13-27(25,26)22(4,5)6/h14-17H,7-13H2,1-6H3,(H,23,24). The van der Waals surface area contributed by atoms with Crippen LogP contribution < -0.4 is 5.32 Å². The van der Waals surface area contributed by atoms with Crippen LogP contribution in [0.4, 0.5) is 0 Å². The molecule has 0 saturated heterocycles. The fourth-order valence-corrected chi connectivity index (χ4v) is 4.14. The van der Waals surface area contributed by atoms with Gasteiger partial charge in [-0.2, -0.15) is 0 Å². The Morgan fingerprint density at radius 2 is 1.59 bits per heavy atom. The molecule has 0 aliphatic heterocycles. The fraction of sp³-hybridized carbons (Fsp3) is 0.682. The first-order chi connectivity index (χ1) is 12.4. The lowest BCUT2D eigenvalue weighted by Crippen LogP contribution is -2.30. The molecule has 4 nitrogen and oxygen atoms in total. The van der Waals surface area contributed by atoms with Crippen molar-refractivity contribution in [2.75, 3.05) is 5.75 Å². The van der Waals surface area contributed by atoms with Gasteiger partial charge in [-0.15, -0.1) is 0 Å². The number of benzene rings is 1. The molecule has 0 aliphatic carbocycles. The van der Waals surface area contributed by atoms with Crippen molar-refractivity contribution >= 4 is 15.7 Å². The highest BCUT2D eigenvalue weighted by molar-refractivity contribution is 7.92. The number of nitrogens with one attached hydrogen (secondary N) is 1. The Bertz CT molecular complexity index is 716. The molecule has 154 valence electrons. The van der Waals surface area contributed by atoms with Crippen LogP contribution in [0.3, 0.4) is 0 Å². The maximum atomic E-state index is 12.2. The highest BCUT2D eigenvalue weighted by Crippen LogP contribution is 2.18. The monoisotopic (exact) mass is 395 g/mol.